The van der Waals surface area contributed by atoms with Gasteiger partial charge in [-0.25, -0.2) is 0 Å². The molecule has 100 valence electrons. The fourth-order valence-electron chi connectivity index (χ4n) is 1.99. The number of para-hydroxylation sites is 1. The Bertz CT molecular complexity index is 430. The zero-order valence-electron chi connectivity index (χ0n) is 9.72. The highest BCUT2D eigenvalue weighted by atomic mass is 35.5. The smallest absolute Gasteiger partial charge is 0.381 e. The Kier molecular flexibility index (Phi) is 3.73. The molecule has 0 amide bonds. The molecular weight excluding hydrogens is 267 g/mol. The van der Waals surface area contributed by atoms with Gasteiger partial charge >= 0.3 is 6.18 Å². The molecule has 0 unspecified atom stereocenters. The summed E-state index contributed by atoms with van der Waals surface area (Å²) in [6.07, 6.45) is -2.89. The van der Waals surface area contributed by atoms with Crippen LogP contribution in [0.25, 0.3) is 0 Å². The molecule has 1 aliphatic carbocycles. The number of benzene rings is 1. The molecule has 1 N–H and O–H groups in total. The molecule has 1 aromatic rings. The molecule has 2 rings (SSSR count). The minimum absolute atomic E-state index is 0.0176. The maximum absolute atomic E-state index is 12.8. The normalized spacial score (nSPS) is 23.6. The SMILES string of the molecule is COC1CC(Nc2c(Cl)cccc2C(F)(F)F)C1. The Balaban J connectivity index is 2.17. The van der Waals surface area contributed by atoms with Crippen LogP contribution in [-0.2, 0) is 10.9 Å². The molecule has 1 aliphatic rings. The molecule has 1 saturated carbocycles. The maximum Gasteiger partial charge on any atom is 0.418 e. The average molecular weight is 280 g/mol. The van der Waals surface area contributed by atoms with Crippen molar-refractivity contribution in [3.8, 4) is 0 Å². The van der Waals surface area contributed by atoms with Gasteiger partial charge in [-0.1, -0.05) is 17.7 Å². The fourth-order valence-corrected chi connectivity index (χ4v) is 2.22. The van der Waals surface area contributed by atoms with Crippen molar-refractivity contribution in [2.24, 2.45) is 0 Å². The molecule has 1 fully saturated rings. The minimum atomic E-state index is -4.41. The largest absolute Gasteiger partial charge is 0.418 e. The van der Waals surface area contributed by atoms with Gasteiger partial charge in [0, 0.05) is 13.2 Å². The van der Waals surface area contributed by atoms with E-state index in [2.05, 4.69) is 5.32 Å². The van der Waals surface area contributed by atoms with Crippen molar-refractivity contribution in [1.29, 1.82) is 0 Å². The van der Waals surface area contributed by atoms with Gasteiger partial charge in [0.05, 0.1) is 22.4 Å². The summed E-state index contributed by atoms with van der Waals surface area (Å²) in [6.45, 7) is 0. The average Bonchev–Trinajstić information content (AvgIpc) is 2.22. The van der Waals surface area contributed by atoms with Gasteiger partial charge in [-0.15, -0.1) is 0 Å². The summed E-state index contributed by atoms with van der Waals surface area (Å²) < 4.78 is 43.5. The van der Waals surface area contributed by atoms with E-state index in [0.717, 1.165) is 6.07 Å². The van der Waals surface area contributed by atoms with Crippen LogP contribution in [-0.4, -0.2) is 19.3 Å². The molecule has 1 aromatic carbocycles. The second-order valence-electron chi connectivity index (χ2n) is 4.33. The summed E-state index contributed by atoms with van der Waals surface area (Å²) in [7, 11) is 1.59. The van der Waals surface area contributed by atoms with Crippen molar-refractivity contribution in [1.82, 2.24) is 0 Å². The van der Waals surface area contributed by atoms with Gasteiger partial charge in [0.25, 0.3) is 0 Å². The Hall–Kier alpha value is -0.940. The summed E-state index contributed by atoms with van der Waals surface area (Å²) in [4.78, 5) is 0. The number of alkyl halides is 3. The highest BCUT2D eigenvalue weighted by Gasteiger charge is 2.36. The molecule has 6 heteroatoms. The first kappa shape index (κ1) is 13.5. The molecule has 2 nitrogen and oxygen atoms in total. The Morgan fingerprint density at radius 2 is 2.00 bits per heavy atom. The monoisotopic (exact) mass is 279 g/mol. The van der Waals surface area contributed by atoms with Crippen LogP contribution in [0.15, 0.2) is 18.2 Å². The van der Waals surface area contributed by atoms with Crippen LogP contribution in [0.3, 0.4) is 0 Å². The van der Waals surface area contributed by atoms with Crippen LogP contribution in [0.1, 0.15) is 18.4 Å². The first-order valence-electron chi connectivity index (χ1n) is 5.57. The fraction of sp³-hybridized carbons (Fsp3) is 0.500. The molecule has 0 atom stereocenters. The summed E-state index contributed by atoms with van der Waals surface area (Å²) in [5.74, 6) is 0. The first-order chi connectivity index (χ1) is 8.41. The van der Waals surface area contributed by atoms with Crippen molar-refractivity contribution >= 4 is 17.3 Å². The van der Waals surface area contributed by atoms with Crippen LogP contribution in [0.5, 0.6) is 0 Å². The van der Waals surface area contributed by atoms with E-state index >= 15 is 0 Å². The number of rotatable bonds is 3. The van der Waals surface area contributed by atoms with E-state index in [0.29, 0.717) is 12.8 Å². The van der Waals surface area contributed by atoms with Gasteiger partial charge in [-0.3, -0.25) is 0 Å². The van der Waals surface area contributed by atoms with E-state index in [4.69, 9.17) is 16.3 Å². The zero-order chi connectivity index (χ0) is 13.3. The summed E-state index contributed by atoms with van der Waals surface area (Å²) >= 11 is 5.84. The molecule has 0 bridgehead atoms. The van der Waals surface area contributed by atoms with Gasteiger partial charge in [0.15, 0.2) is 0 Å². The van der Waals surface area contributed by atoms with Crippen molar-refractivity contribution in [2.45, 2.75) is 31.2 Å². The predicted molar refractivity (Wildman–Crippen MR) is 63.9 cm³/mol. The van der Waals surface area contributed by atoms with E-state index in [1.54, 1.807) is 7.11 Å². The molecule has 0 aliphatic heterocycles. The van der Waals surface area contributed by atoms with E-state index < -0.39 is 11.7 Å². The Morgan fingerprint density at radius 1 is 1.33 bits per heavy atom. The number of halogens is 4. The van der Waals surface area contributed by atoms with Crippen molar-refractivity contribution in [2.75, 3.05) is 12.4 Å². The summed E-state index contributed by atoms with van der Waals surface area (Å²) in [6, 6.07) is 3.76. The molecule has 0 aromatic heterocycles. The van der Waals surface area contributed by atoms with Crippen LogP contribution < -0.4 is 5.32 Å². The highest BCUT2D eigenvalue weighted by molar-refractivity contribution is 6.33. The van der Waals surface area contributed by atoms with Crippen LogP contribution >= 0.6 is 11.6 Å². The third-order valence-corrected chi connectivity index (χ3v) is 3.41. The number of hydrogen-bond donors (Lipinski definition) is 1. The second kappa shape index (κ2) is 4.97. The van der Waals surface area contributed by atoms with Crippen LogP contribution in [0.4, 0.5) is 18.9 Å². The number of methoxy groups -OCH3 is 1. The van der Waals surface area contributed by atoms with Crippen molar-refractivity contribution < 1.29 is 17.9 Å². The van der Waals surface area contributed by atoms with E-state index in [-0.39, 0.29) is 22.9 Å². The van der Waals surface area contributed by atoms with Crippen molar-refractivity contribution in [3.63, 3.8) is 0 Å². The molecular formula is C12H13ClF3NO. The topological polar surface area (TPSA) is 21.3 Å². The highest BCUT2D eigenvalue weighted by Crippen LogP contribution is 2.40. The molecule has 18 heavy (non-hydrogen) atoms. The number of hydrogen-bond acceptors (Lipinski definition) is 2. The van der Waals surface area contributed by atoms with Crippen molar-refractivity contribution in [3.05, 3.63) is 28.8 Å². The number of ether oxygens (including phenoxy) is 1. The summed E-state index contributed by atoms with van der Waals surface area (Å²) in [5, 5.41) is 2.94. The van der Waals surface area contributed by atoms with E-state index in [1.807, 2.05) is 0 Å². The lowest BCUT2D eigenvalue weighted by Gasteiger charge is -2.36. The third kappa shape index (κ3) is 2.72. The third-order valence-electron chi connectivity index (χ3n) is 3.10. The molecule has 0 spiro atoms. The lowest BCUT2D eigenvalue weighted by atomic mass is 9.89. The predicted octanol–water partition coefficient (Wildman–Crippen LogP) is 3.95. The molecule has 0 saturated heterocycles. The molecule has 0 radical (unpaired) electrons. The maximum atomic E-state index is 12.8. The Morgan fingerprint density at radius 3 is 2.56 bits per heavy atom. The lowest BCUT2D eigenvalue weighted by molar-refractivity contribution is -0.137. The van der Waals surface area contributed by atoms with Crippen LogP contribution in [0.2, 0.25) is 5.02 Å². The standard InChI is InChI=1S/C12H13ClF3NO/c1-18-8-5-7(6-8)17-11-9(12(14,15)16)3-2-4-10(11)13/h2-4,7-8,17H,5-6H2,1H3. The Labute approximate surface area is 108 Å². The zero-order valence-corrected chi connectivity index (χ0v) is 10.5. The first-order valence-corrected chi connectivity index (χ1v) is 5.94. The summed E-state index contributed by atoms with van der Waals surface area (Å²) in [5.41, 5.74) is -0.762. The quantitative estimate of drug-likeness (QED) is 0.905. The molecule has 0 heterocycles. The van der Waals surface area contributed by atoms with Gasteiger partial charge in [0.2, 0.25) is 0 Å². The van der Waals surface area contributed by atoms with E-state index in [9.17, 15) is 13.2 Å². The number of anilines is 1. The van der Waals surface area contributed by atoms with Crippen LogP contribution in [0, 0.1) is 0 Å². The van der Waals surface area contributed by atoms with Gasteiger partial charge in [-0.2, -0.15) is 13.2 Å². The minimum Gasteiger partial charge on any atom is -0.381 e. The number of nitrogens with one attached hydrogen (secondary N) is 1. The van der Waals surface area contributed by atoms with Gasteiger partial charge < -0.3 is 10.1 Å². The van der Waals surface area contributed by atoms with E-state index in [1.165, 1.54) is 12.1 Å². The van der Waals surface area contributed by atoms with Gasteiger partial charge in [0.1, 0.15) is 0 Å². The second-order valence-corrected chi connectivity index (χ2v) is 4.74. The van der Waals surface area contributed by atoms with Gasteiger partial charge in [-0.05, 0) is 25.0 Å². The lowest BCUT2D eigenvalue weighted by Crippen LogP contribution is -2.40.